The maximum absolute atomic E-state index is 13.0. The highest BCUT2D eigenvalue weighted by molar-refractivity contribution is 5.91. The van der Waals surface area contributed by atoms with Gasteiger partial charge in [0, 0.05) is 18.8 Å². The van der Waals surface area contributed by atoms with Crippen molar-refractivity contribution in [2.45, 2.75) is 46.2 Å². The van der Waals surface area contributed by atoms with Crippen LogP contribution in [0.2, 0.25) is 0 Å². The van der Waals surface area contributed by atoms with E-state index in [1.807, 2.05) is 31.7 Å². The molecular weight excluding hydrogens is 336 g/mol. The molecule has 2 aromatic rings. The van der Waals surface area contributed by atoms with Crippen molar-refractivity contribution < 1.29 is 4.79 Å². The van der Waals surface area contributed by atoms with E-state index in [1.165, 1.54) is 11.1 Å². The van der Waals surface area contributed by atoms with Crippen LogP contribution in [-0.2, 0) is 6.54 Å². The van der Waals surface area contributed by atoms with Crippen LogP contribution >= 0.6 is 0 Å². The smallest absolute Gasteiger partial charge is 0.317 e. The van der Waals surface area contributed by atoms with Gasteiger partial charge in [-0.15, -0.1) is 0 Å². The summed E-state index contributed by atoms with van der Waals surface area (Å²) < 4.78 is 0. The number of urea groups is 1. The van der Waals surface area contributed by atoms with Crippen LogP contribution in [0.3, 0.4) is 0 Å². The van der Waals surface area contributed by atoms with Crippen molar-refractivity contribution in [1.82, 2.24) is 14.8 Å². The Labute approximate surface area is 162 Å². The summed E-state index contributed by atoms with van der Waals surface area (Å²) in [4.78, 5) is 21.6. The SMILES string of the molecule is Cc1cc(C)c(NC(=O)N2CCC[C@H]2c2ccc(CN(C)C)cc2)c(C)n1. The molecule has 1 atom stereocenters. The molecular formula is C22H30N4O. The van der Waals surface area contributed by atoms with E-state index in [-0.39, 0.29) is 12.1 Å². The van der Waals surface area contributed by atoms with Crippen molar-refractivity contribution >= 4 is 11.7 Å². The minimum absolute atomic E-state index is 0.0354. The third kappa shape index (κ3) is 4.48. The van der Waals surface area contributed by atoms with Gasteiger partial charge >= 0.3 is 6.03 Å². The van der Waals surface area contributed by atoms with Crippen LogP contribution in [0.1, 0.15) is 47.0 Å². The third-order valence-electron chi connectivity index (χ3n) is 5.13. The lowest BCUT2D eigenvalue weighted by Crippen LogP contribution is -2.35. The molecule has 0 radical (unpaired) electrons. The Hall–Kier alpha value is -2.40. The Morgan fingerprint density at radius 3 is 2.56 bits per heavy atom. The molecule has 5 heteroatoms. The first-order chi connectivity index (χ1) is 12.8. The zero-order valence-electron chi connectivity index (χ0n) is 17.0. The van der Waals surface area contributed by atoms with Crippen molar-refractivity contribution in [2.24, 2.45) is 0 Å². The predicted molar refractivity (Wildman–Crippen MR) is 110 cm³/mol. The van der Waals surface area contributed by atoms with E-state index in [0.29, 0.717) is 0 Å². The molecule has 1 aromatic carbocycles. The van der Waals surface area contributed by atoms with Gasteiger partial charge < -0.3 is 15.1 Å². The zero-order chi connectivity index (χ0) is 19.6. The first-order valence-electron chi connectivity index (χ1n) is 9.61. The molecule has 0 unspecified atom stereocenters. The summed E-state index contributed by atoms with van der Waals surface area (Å²) in [7, 11) is 4.14. The molecule has 0 bridgehead atoms. The van der Waals surface area contributed by atoms with Crippen molar-refractivity contribution in [1.29, 1.82) is 0 Å². The minimum atomic E-state index is -0.0354. The molecule has 0 spiro atoms. The molecule has 2 heterocycles. The number of carbonyl (C=O) groups excluding carboxylic acids is 1. The van der Waals surface area contributed by atoms with E-state index < -0.39 is 0 Å². The number of likely N-dealkylation sites (tertiary alicyclic amines) is 1. The Kier molecular flexibility index (Phi) is 5.80. The molecule has 144 valence electrons. The highest BCUT2D eigenvalue weighted by Crippen LogP contribution is 2.33. The topological polar surface area (TPSA) is 48.5 Å². The number of rotatable bonds is 4. The van der Waals surface area contributed by atoms with Gasteiger partial charge in [0.15, 0.2) is 0 Å². The van der Waals surface area contributed by atoms with Gasteiger partial charge in [0.2, 0.25) is 0 Å². The zero-order valence-corrected chi connectivity index (χ0v) is 17.0. The Morgan fingerprint density at radius 1 is 1.22 bits per heavy atom. The lowest BCUT2D eigenvalue weighted by Gasteiger charge is -2.26. The average Bonchev–Trinajstić information content (AvgIpc) is 3.08. The fraction of sp³-hybridized carbons (Fsp3) is 0.455. The molecule has 1 aliphatic heterocycles. The number of carbonyl (C=O) groups is 1. The number of hydrogen-bond acceptors (Lipinski definition) is 3. The van der Waals surface area contributed by atoms with E-state index in [0.717, 1.165) is 48.6 Å². The third-order valence-corrected chi connectivity index (χ3v) is 5.13. The van der Waals surface area contributed by atoms with Crippen LogP contribution in [0.25, 0.3) is 0 Å². The molecule has 3 rings (SSSR count). The minimum Gasteiger partial charge on any atom is -0.317 e. The van der Waals surface area contributed by atoms with Crippen LogP contribution in [0.5, 0.6) is 0 Å². The second kappa shape index (κ2) is 8.09. The number of anilines is 1. The predicted octanol–water partition coefficient (Wildman–Crippen LogP) is 4.44. The lowest BCUT2D eigenvalue weighted by molar-refractivity contribution is 0.207. The Morgan fingerprint density at radius 2 is 1.93 bits per heavy atom. The molecule has 1 fully saturated rings. The summed E-state index contributed by atoms with van der Waals surface area (Å²) >= 11 is 0. The monoisotopic (exact) mass is 366 g/mol. The molecule has 2 amide bonds. The number of nitrogens with one attached hydrogen (secondary N) is 1. The van der Waals surface area contributed by atoms with Gasteiger partial charge in [-0.3, -0.25) is 4.98 Å². The van der Waals surface area contributed by atoms with E-state index in [2.05, 4.69) is 53.6 Å². The molecule has 0 saturated carbocycles. The van der Waals surface area contributed by atoms with E-state index in [1.54, 1.807) is 0 Å². The van der Waals surface area contributed by atoms with Crippen LogP contribution in [0.4, 0.5) is 10.5 Å². The Balaban J connectivity index is 1.75. The van der Waals surface area contributed by atoms with Crippen LogP contribution in [-0.4, -0.2) is 41.5 Å². The second-order valence-corrected chi connectivity index (χ2v) is 7.80. The fourth-order valence-corrected chi connectivity index (χ4v) is 3.96. The fourth-order valence-electron chi connectivity index (χ4n) is 3.96. The van der Waals surface area contributed by atoms with Crippen molar-refractivity contribution in [3.8, 4) is 0 Å². The molecule has 1 saturated heterocycles. The van der Waals surface area contributed by atoms with Crippen molar-refractivity contribution in [3.63, 3.8) is 0 Å². The van der Waals surface area contributed by atoms with Gasteiger partial charge in [-0.1, -0.05) is 24.3 Å². The van der Waals surface area contributed by atoms with Crippen molar-refractivity contribution in [3.05, 3.63) is 58.4 Å². The number of amides is 2. The number of aryl methyl sites for hydroxylation is 3. The molecule has 1 aromatic heterocycles. The van der Waals surface area contributed by atoms with E-state index in [4.69, 9.17) is 0 Å². The maximum Gasteiger partial charge on any atom is 0.322 e. The number of hydrogen-bond donors (Lipinski definition) is 1. The standard InChI is InChI=1S/C22H30N4O/c1-15-13-16(2)23-17(3)21(15)24-22(27)26-12-6-7-20(26)19-10-8-18(9-11-19)14-25(4)5/h8-11,13,20H,6-7,12,14H2,1-5H3,(H,24,27)/t20-/m0/s1. The summed E-state index contributed by atoms with van der Waals surface area (Å²) in [5.41, 5.74) is 6.22. The summed E-state index contributed by atoms with van der Waals surface area (Å²) in [6, 6.07) is 10.8. The van der Waals surface area contributed by atoms with Crippen LogP contribution in [0, 0.1) is 20.8 Å². The number of nitrogens with zero attached hydrogens (tertiary/aromatic N) is 3. The van der Waals surface area contributed by atoms with Gasteiger partial charge in [-0.05, 0) is 70.5 Å². The van der Waals surface area contributed by atoms with Crippen LogP contribution in [0.15, 0.2) is 30.3 Å². The normalized spacial score (nSPS) is 16.8. The van der Waals surface area contributed by atoms with Crippen molar-refractivity contribution in [2.75, 3.05) is 26.0 Å². The van der Waals surface area contributed by atoms with Gasteiger partial charge in [-0.2, -0.15) is 0 Å². The number of aromatic nitrogens is 1. The van der Waals surface area contributed by atoms with Gasteiger partial charge in [0.1, 0.15) is 0 Å². The highest BCUT2D eigenvalue weighted by atomic mass is 16.2. The molecule has 27 heavy (non-hydrogen) atoms. The maximum atomic E-state index is 13.0. The summed E-state index contributed by atoms with van der Waals surface area (Å²) in [5.74, 6) is 0. The summed E-state index contributed by atoms with van der Waals surface area (Å²) in [6.07, 6.45) is 2.03. The largest absolute Gasteiger partial charge is 0.322 e. The van der Waals surface area contributed by atoms with E-state index in [9.17, 15) is 4.79 Å². The quantitative estimate of drug-likeness (QED) is 0.870. The van der Waals surface area contributed by atoms with Gasteiger partial charge in [0.05, 0.1) is 17.4 Å². The second-order valence-electron chi connectivity index (χ2n) is 7.80. The van der Waals surface area contributed by atoms with E-state index >= 15 is 0 Å². The van der Waals surface area contributed by atoms with Crippen LogP contribution < -0.4 is 5.32 Å². The molecule has 5 nitrogen and oxygen atoms in total. The summed E-state index contributed by atoms with van der Waals surface area (Å²) in [5, 5.41) is 3.10. The molecule has 0 aliphatic carbocycles. The first kappa shape index (κ1) is 19.4. The summed E-state index contributed by atoms with van der Waals surface area (Å²) in [6.45, 7) is 7.65. The number of benzene rings is 1. The molecule has 1 N–H and O–H groups in total. The number of pyridine rings is 1. The first-order valence-corrected chi connectivity index (χ1v) is 9.61. The molecule has 1 aliphatic rings. The highest BCUT2D eigenvalue weighted by Gasteiger charge is 2.30. The van der Waals surface area contributed by atoms with Gasteiger partial charge in [0.25, 0.3) is 0 Å². The van der Waals surface area contributed by atoms with Gasteiger partial charge in [-0.25, -0.2) is 4.79 Å². The Bertz CT molecular complexity index is 791. The average molecular weight is 367 g/mol. The lowest BCUT2D eigenvalue weighted by atomic mass is 10.0.